The van der Waals surface area contributed by atoms with E-state index in [4.69, 9.17) is 9.29 Å². The van der Waals surface area contributed by atoms with E-state index in [1.807, 2.05) is 48.5 Å². The summed E-state index contributed by atoms with van der Waals surface area (Å²) in [4.78, 5) is 24.1. The number of carbonyl (C=O) groups excluding carboxylic acids is 1. The first-order valence-corrected chi connectivity index (χ1v) is 11.7. The standard InChI is InChI=1S/C24H21NO8S.Na/c26-23(27)22(13-15-9-11-16(12-10-15)33-34(29,30)31)25-24(28)32-14-21-19-7-3-1-5-17(19)18-6-2-4-8-20(18)21;/h1-12,21-22H,13-14H2,(H,25,28)(H,26,27)(H,29,30,31);/t22-;/m0./s1. The van der Waals surface area contributed by atoms with E-state index in [2.05, 4.69) is 9.50 Å². The Balaban J connectivity index is 0.00000342. The number of rotatable bonds is 8. The fraction of sp³-hybridized carbons (Fsp3) is 0.167. The molecule has 3 N–H and O–H groups in total. The number of alkyl carbamates (subject to hydrolysis) is 1. The van der Waals surface area contributed by atoms with Gasteiger partial charge in [-0.1, -0.05) is 60.7 Å². The van der Waals surface area contributed by atoms with Crippen molar-refractivity contribution in [3.63, 3.8) is 0 Å². The number of carboxylic acids is 1. The zero-order valence-electron chi connectivity index (χ0n) is 18.7. The molecule has 1 amide bonds. The van der Waals surface area contributed by atoms with Crippen LogP contribution in [-0.2, 0) is 26.4 Å². The van der Waals surface area contributed by atoms with Crippen LogP contribution >= 0.6 is 0 Å². The molecule has 1 atom stereocenters. The van der Waals surface area contributed by atoms with Gasteiger partial charge in [-0.05, 0) is 39.9 Å². The first-order valence-electron chi connectivity index (χ1n) is 10.3. The molecule has 0 unspecified atom stereocenters. The number of carbonyl (C=O) groups is 2. The number of carboxylic acid groups (broad SMARTS) is 1. The third-order valence-corrected chi connectivity index (χ3v) is 5.90. The van der Waals surface area contributed by atoms with Crippen molar-refractivity contribution >= 4 is 52.0 Å². The molecule has 3 aromatic carbocycles. The van der Waals surface area contributed by atoms with Gasteiger partial charge in [-0.25, -0.2) is 9.59 Å². The molecule has 1 aliphatic rings. The van der Waals surface area contributed by atoms with E-state index in [1.54, 1.807) is 0 Å². The molecule has 0 saturated carbocycles. The first-order chi connectivity index (χ1) is 16.2. The van der Waals surface area contributed by atoms with Crippen molar-refractivity contribution in [1.29, 1.82) is 0 Å². The maximum atomic E-state index is 12.4. The zero-order chi connectivity index (χ0) is 24.3. The van der Waals surface area contributed by atoms with Gasteiger partial charge in [0.25, 0.3) is 0 Å². The van der Waals surface area contributed by atoms with Crippen molar-refractivity contribution in [3.8, 4) is 16.9 Å². The molecule has 0 fully saturated rings. The Bertz CT molecular complexity index is 1280. The minimum Gasteiger partial charge on any atom is -0.480 e. The normalized spacial score (nSPS) is 13.1. The van der Waals surface area contributed by atoms with Gasteiger partial charge < -0.3 is 19.3 Å². The quantitative estimate of drug-likeness (QED) is 0.313. The molecule has 4 rings (SSSR count). The number of ether oxygens (including phenoxy) is 1. The second-order valence-electron chi connectivity index (χ2n) is 7.72. The second-order valence-corrected chi connectivity index (χ2v) is 8.74. The van der Waals surface area contributed by atoms with Crippen LogP contribution in [0, 0.1) is 0 Å². The Morgan fingerprint density at radius 3 is 1.97 bits per heavy atom. The number of aliphatic carboxylic acids is 1. The average molecular weight is 506 g/mol. The number of amides is 1. The summed E-state index contributed by atoms with van der Waals surface area (Å²) >= 11 is 0. The van der Waals surface area contributed by atoms with Crippen molar-refractivity contribution in [1.82, 2.24) is 5.32 Å². The molecule has 0 saturated heterocycles. The third kappa shape index (κ3) is 6.62. The average Bonchev–Trinajstić information content (AvgIpc) is 3.11. The zero-order valence-corrected chi connectivity index (χ0v) is 21.6. The molecule has 0 spiro atoms. The minimum absolute atomic E-state index is 0. The van der Waals surface area contributed by atoms with Gasteiger partial charge in [-0.3, -0.25) is 4.55 Å². The molecule has 177 valence electrons. The monoisotopic (exact) mass is 506 g/mol. The van der Waals surface area contributed by atoms with E-state index in [0.717, 1.165) is 22.3 Å². The largest absolute Gasteiger partial charge is 0.480 e. The van der Waals surface area contributed by atoms with Gasteiger partial charge in [0.1, 0.15) is 18.4 Å². The van der Waals surface area contributed by atoms with Gasteiger partial charge in [-0.2, -0.15) is 8.42 Å². The number of hydrogen-bond donors (Lipinski definition) is 3. The molecule has 11 heteroatoms. The minimum atomic E-state index is -4.66. The maximum Gasteiger partial charge on any atom is 0.446 e. The van der Waals surface area contributed by atoms with Crippen LogP contribution in [-0.4, -0.2) is 72.3 Å². The van der Waals surface area contributed by atoms with E-state index in [0.29, 0.717) is 5.56 Å². The summed E-state index contributed by atoms with van der Waals surface area (Å²) in [5.41, 5.74) is 4.74. The van der Waals surface area contributed by atoms with Crippen LogP contribution in [0.3, 0.4) is 0 Å². The Morgan fingerprint density at radius 1 is 0.914 bits per heavy atom. The summed E-state index contributed by atoms with van der Waals surface area (Å²) in [6, 6.07) is 19.8. The number of fused-ring (bicyclic) bond motifs is 3. The summed E-state index contributed by atoms with van der Waals surface area (Å²) in [6.07, 6.45) is -0.938. The number of benzene rings is 3. The van der Waals surface area contributed by atoms with Crippen LogP contribution in [0.2, 0.25) is 0 Å². The Labute approximate surface area is 224 Å². The van der Waals surface area contributed by atoms with E-state index < -0.39 is 28.5 Å². The fourth-order valence-corrected chi connectivity index (χ4v) is 4.38. The van der Waals surface area contributed by atoms with E-state index in [1.165, 1.54) is 24.3 Å². The maximum absolute atomic E-state index is 12.4. The molecule has 0 bridgehead atoms. The summed E-state index contributed by atoms with van der Waals surface area (Å²) in [7, 11) is -4.66. The van der Waals surface area contributed by atoms with Crippen molar-refractivity contribution in [2.45, 2.75) is 18.4 Å². The molecule has 1 aliphatic carbocycles. The van der Waals surface area contributed by atoms with Gasteiger partial charge in [0, 0.05) is 41.9 Å². The smallest absolute Gasteiger partial charge is 0.446 e. The first kappa shape index (κ1) is 26.7. The van der Waals surface area contributed by atoms with Crippen LogP contribution < -0.4 is 9.50 Å². The van der Waals surface area contributed by atoms with Gasteiger partial charge >= 0.3 is 22.5 Å². The molecule has 0 aliphatic heterocycles. The van der Waals surface area contributed by atoms with Crippen LogP contribution in [0.1, 0.15) is 22.6 Å². The van der Waals surface area contributed by atoms with Crippen molar-refractivity contribution in [2.75, 3.05) is 6.61 Å². The second kappa shape index (κ2) is 11.2. The molecular weight excluding hydrogens is 485 g/mol. The van der Waals surface area contributed by atoms with Gasteiger partial charge in [0.2, 0.25) is 0 Å². The van der Waals surface area contributed by atoms with E-state index >= 15 is 0 Å². The third-order valence-electron chi connectivity index (χ3n) is 5.50. The van der Waals surface area contributed by atoms with E-state index in [9.17, 15) is 23.1 Å². The molecular formula is C24H21NNaO8S. The van der Waals surface area contributed by atoms with Crippen LogP contribution in [0.4, 0.5) is 4.79 Å². The fourth-order valence-electron chi connectivity index (χ4n) is 4.02. The van der Waals surface area contributed by atoms with Gasteiger partial charge in [-0.15, -0.1) is 0 Å². The predicted octanol–water partition coefficient (Wildman–Crippen LogP) is 3.02. The molecule has 0 aromatic heterocycles. The van der Waals surface area contributed by atoms with Crippen LogP contribution in [0.15, 0.2) is 72.8 Å². The topological polar surface area (TPSA) is 139 Å². The van der Waals surface area contributed by atoms with Crippen LogP contribution in [0.25, 0.3) is 11.1 Å². The number of nitrogens with one attached hydrogen (secondary N) is 1. The Morgan fingerprint density at radius 2 is 1.46 bits per heavy atom. The molecule has 35 heavy (non-hydrogen) atoms. The molecule has 3 aromatic rings. The molecule has 9 nitrogen and oxygen atoms in total. The van der Waals surface area contributed by atoms with Crippen molar-refractivity contribution < 1.29 is 36.6 Å². The van der Waals surface area contributed by atoms with E-state index in [-0.39, 0.29) is 54.3 Å². The summed E-state index contributed by atoms with van der Waals surface area (Å²) in [6.45, 7) is 0.0495. The summed E-state index contributed by atoms with van der Waals surface area (Å²) in [5.74, 6) is -1.55. The molecule has 1 radical (unpaired) electrons. The Hall–Kier alpha value is -2.89. The Kier molecular flexibility index (Phi) is 8.57. The van der Waals surface area contributed by atoms with Crippen molar-refractivity contribution in [3.05, 3.63) is 89.5 Å². The number of hydrogen-bond acceptors (Lipinski definition) is 6. The summed E-state index contributed by atoms with van der Waals surface area (Å²) in [5, 5.41) is 11.9. The molecule has 0 heterocycles. The SMILES string of the molecule is O=C(N[C@@H](Cc1ccc(OS(=O)(=O)O)cc1)C(=O)O)OCC1c2ccccc2-c2ccccc21.[Na]. The van der Waals surface area contributed by atoms with Gasteiger partial charge in [0.05, 0.1) is 0 Å². The summed E-state index contributed by atoms with van der Waals surface area (Å²) < 4.78 is 40.0. The van der Waals surface area contributed by atoms with Crippen LogP contribution in [0.5, 0.6) is 5.75 Å². The van der Waals surface area contributed by atoms with Crippen molar-refractivity contribution in [2.24, 2.45) is 0 Å². The van der Waals surface area contributed by atoms with Gasteiger partial charge in [0.15, 0.2) is 0 Å². The predicted molar refractivity (Wildman–Crippen MR) is 128 cm³/mol.